The molecule has 0 aromatic heterocycles. The fraction of sp³-hybridized carbons (Fsp3) is 0.167. The molecule has 0 N–H and O–H groups in total. The molecule has 2 heterocycles. The molecular weight excluding hydrogens is 467 g/mol. The Morgan fingerprint density at radius 3 is 2.45 bits per heavy atom. The van der Waals surface area contributed by atoms with Crippen molar-refractivity contribution in [1.29, 1.82) is 0 Å². The van der Waals surface area contributed by atoms with E-state index in [1.54, 1.807) is 49.4 Å². The molecule has 1 spiro atoms. The van der Waals surface area contributed by atoms with Crippen LogP contribution in [0.25, 0.3) is 0 Å². The van der Waals surface area contributed by atoms with Gasteiger partial charge in [-0.25, -0.2) is 12.8 Å². The second-order valence-corrected chi connectivity index (χ2v) is 10.6. The molecule has 6 nitrogen and oxygen atoms in total. The first-order valence-electron chi connectivity index (χ1n) is 10.1. The minimum Gasteiger partial charge on any atom is -0.304 e. The van der Waals surface area contributed by atoms with E-state index in [4.69, 9.17) is 11.6 Å². The van der Waals surface area contributed by atoms with Crippen LogP contribution in [-0.4, -0.2) is 26.0 Å². The van der Waals surface area contributed by atoms with E-state index in [2.05, 4.69) is 0 Å². The SMILES string of the molecule is Cc1ccc(N2C(=O)CS(=O)(=O)[C@]23C(=O)N(Cc2ccccc2Cl)c2ccccc23)cc1F. The molecule has 0 bridgehead atoms. The van der Waals surface area contributed by atoms with Gasteiger partial charge in [0.15, 0.2) is 9.84 Å². The topological polar surface area (TPSA) is 74.8 Å². The molecule has 0 unspecified atom stereocenters. The standard InChI is InChI=1S/C24H18ClFN2O4S/c1-15-10-11-17(12-20(15)26)28-22(29)14-33(31,32)24(28)18-7-3-5-9-21(18)27(23(24)30)13-16-6-2-4-8-19(16)25/h2-12H,13-14H2,1H3/t24-/m1/s1. The van der Waals surface area contributed by atoms with Crippen molar-refractivity contribution < 1.29 is 22.4 Å². The van der Waals surface area contributed by atoms with Crippen molar-refractivity contribution in [2.45, 2.75) is 18.3 Å². The van der Waals surface area contributed by atoms with Gasteiger partial charge in [0.2, 0.25) is 5.91 Å². The molecule has 33 heavy (non-hydrogen) atoms. The molecule has 3 aromatic rings. The Morgan fingerprint density at radius 1 is 1.03 bits per heavy atom. The number of fused-ring (bicyclic) bond motifs is 2. The lowest BCUT2D eigenvalue weighted by molar-refractivity contribution is -0.123. The Morgan fingerprint density at radius 2 is 1.73 bits per heavy atom. The van der Waals surface area contributed by atoms with Crippen molar-refractivity contribution in [3.8, 4) is 0 Å². The van der Waals surface area contributed by atoms with Gasteiger partial charge in [-0.3, -0.25) is 14.5 Å². The summed E-state index contributed by atoms with van der Waals surface area (Å²) in [5, 5.41) is 0.423. The summed E-state index contributed by atoms with van der Waals surface area (Å²) in [6.07, 6.45) is 0. The lowest BCUT2D eigenvalue weighted by Crippen LogP contribution is -2.54. The van der Waals surface area contributed by atoms with E-state index < -0.39 is 38.1 Å². The lowest BCUT2D eigenvalue weighted by atomic mass is 10.0. The summed E-state index contributed by atoms with van der Waals surface area (Å²) in [4.78, 5) is 27.0. The molecule has 2 amide bonds. The van der Waals surface area contributed by atoms with Crippen molar-refractivity contribution in [3.63, 3.8) is 0 Å². The molecule has 0 aliphatic carbocycles. The predicted molar refractivity (Wildman–Crippen MR) is 123 cm³/mol. The van der Waals surface area contributed by atoms with E-state index in [1.165, 1.54) is 23.1 Å². The van der Waals surface area contributed by atoms with Gasteiger partial charge in [-0.05, 0) is 42.3 Å². The maximum absolute atomic E-state index is 14.4. The average Bonchev–Trinajstić information content (AvgIpc) is 3.14. The Labute approximate surface area is 195 Å². The molecule has 9 heteroatoms. The van der Waals surface area contributed by atoms with Gasteiger partial charge in [-0.2, -0.15) is 0 Å². The number of para-hydroxylation sites is 1. The number of carbonyl (C=O) groups is 2. The number of carbonyl (C=O) groups excluding carboxylic acids is 2. The molecule has 0 radical (unpaired) electrons. The maximum Gasteiger partial charge on any atom is 0.274 e. The summed E-state index contributed by atoms with van der Waals surface area (Å²) in [6.45, 7) is 1.57. The van der Waals surface area contributed by atoms with Gasteiger partial charge >= 0.3 is 0 Å². The molecule has 0 saturated carbocycles. The van der Waals surface area contributed by atoms with Crippen molar-refractivity contribution in [2.24, 2.45) is 0 Å². The normalized spacial score (nSPS) is 21.2. The molecule has 5 rings (SSSR count). The van der Waals surface area contributed by atoms with Crippen LogP contribution in [0, 0.1) is 12.7 Å². The van der Waals surface area contributed by atoms with Crippen LogP contribution in [0.5, 0.6) is 0 Å². The van der Waals surface area contributed by atoms with Crippen LogP contribution in [0.4, 0.5) is 15.8 Å². The zero-order valence-electron chi connectivity index (χ0n) is 17.5. The van der Waals surface area contributed by atoms with Gasteiger partial charge in [-0.15, -0.1) is 0 Å². The third kappa shape index (κ3) is 2.94. The maximum atomic E-state index is 14.4. The summed E-state index contributed by atoms with van der Waals surface area (Å²) in [5.41, 5.74) is 1.48. The number of aryl methyl sites for hydroxylation is 1. The summed E-state index contributed by atoms with van der Waals surface area (Å²) < 4.78 is 41.5. The number of benzene rings is 3. The number of hydrogen-bond acceptors (Lipinski definition) is 4. The van der Waals surface area contributed by atoms with Crippen molar-refractivity contribution in [2.75, 3.05) is 15.6 Å². The van der Waals surface area contributed by atoms with Gasteiger partial charge in [-0.1, -0.05) is 54.1 Å². The molecule has 1 atom stereocenters. The highest BCUT2D eigenvalue weighted by atomic mass is 35.5. The Balaban J connectivity index is 1.75. The smallest absolute Gasteiger partial charge is 0.274 e. The van der Waals surface area contributed by atoms with E-state index in [0.29, 0.717) is 21.8 Å². The van der Waals surface area contributed by atoms with Crippen LogP contribution >= 0.6 is 11.6 Å². The summed E-state index contributed by atoms with van der Waals surface area (Å²) in [7, 11) is -4.32. The molecule has 1 saturated heterocycles. The van der Waals surface area contributed by atoms with Crippen LogP contribution in [0.3, 0.4) is 0 Å². The van der Waals surface area contributed by atoms with Crippen LogP contribution < -0.4 is 9.80 Å². The van der Waals surface area contributed by atoms with Crippen LogP contribution in [0.2, 0.25) is 5.02 Å². The molecule has 3 aromatic carbocycles. The van der Waals surface area contributed by atoms with Gasteiger partial charge < -0.3 is 4.90 Å². The van der Waals surface area contributed by atoms with Crippen LogP contribution in [0.15, 0.2) is 66.7 Å². The highest BCUT2D eigenvalue weighted by Gasteiger charge is 2.69. The second-order valence-electron chi connectivity index (χ2n) is 8.07. The Hall–Kier alpha value is -3.23. The van der Waals surface area contributed by atoms with E-state index in [-0.39, 0.29) is 17.8 Å². The fourth-order valence-electron chi connectivity index (χ4n) is 4.57. The second kappa shape index (κ2) is 7.40. The predicted octanol–water partition coefficient (Wildman–Crippen LogP) is 3.95. The molecule has 2 aliphatic heterocycles. The van der Waals surface area contributed by atoms with Gasteiger partial charge in [0.05, 0.1) is 12.2 Å². The number of amides is 2. The third-order valence-corrected chi connectivity index (χ3v) is 8.60. The first kappa shape index (κ1) is 21.6. The number of sulfone groups is 1. The van der Waals surface area contributed by atoms with Gasteiger partial charge in [0, 0.05) is 16.3 Å². The Kier molecular flexibility index (Phi) is 4.84. The lowest BCUT2D eigenvalue weighted by Gasteiger charge is -2.32. The Bertz CT molecular complexity index is 1440. The van der Waals surface area contributed by atoms with Crippen molar-refractivity contribution in [3.05, 3.63) is 94.3 Å². The van der Waals surface area contributed by atoms with Gasteiger partial charge in [0.1, 0.15) is 11.6 Å². The van der Waals surface area contributed by atoms with Crippen LogP contribution in [0.1, 0.15) is 16.7 Å². The highest BCUT2D eigenvalue weighted by Crippen LogP contribution is 2.53. The minimum absolute atomic E-state index is 0.00641. The van der Waals surface area contributed by atoms with Crippen molar-refractivity contribution >= 4 is 44.6 Å². The zero-order valence-corrected chi connectivity index (χ0v) is 19.0. The monoisotopic (exact) mass is 484 g/mol. The summed E-state index contributed by atoms with van der Waals surface area (Å²) in [6, 6.07) is 17.4. The fourth-order valence-corrected chi connectivity index (χ4v) is 6.79. The zero-order chi connectivity index (χ0) is 23.5. The number of halogens is 2. The molecule has 168 valence electrons. The first-order chi connectivity index (χ1) is 15.7. The van der Waals surface area contributed by atoms with E-state index in [1.807, 2.05) is 0 Å². The quantitative estimate of drug-likeness (QED) is 0.564. The highest BCUT2D eigenvalue weighted by molar-refractivity contribution is 7.94. The third-order valence-electron chi connectivity index (χ3n) is 6.12. The molecule has 1 fully saturated rings. The molecular formula is C24H18ClFN2O4S. The van der Waals surface area contributed by atoms with E-state index >= 15 is 0 Å². The largest absolute Gasteiger partial charge is 0.304 e. The number of anilines is 2. The first-order valence-corrected chi connectivity index (χ1v) is 12.2. The number of nitrogens with zero attached hydrogens (tertiary/aromatic N) is 2. The molecule has 2 aliphatic rings. The number of hydrogen-bond donors (Lipinski definition) is 0. The van der Waals surface area contributed by atoms with Crippen molar-refractivity contribution in [1.82, 2.24) is 0 Å². The summed E-state index contributed by atoms with van der Waals surface area (Å²) >= 11 is 6.30. The summed E-state index contributed by atoms with van der Waals surface area (Å²) in [5.74, 6) is -3.05. The number of rotatable bonds is 3. The van der Waals surface area contributed by atoms with Crippen LogP contribution in [-0.2, 0) is 30.8 Å². The van der Waals surface area contributed by atoms with E-state index in [9.17, 15) is 22.4 Å². The average molecular weight is 485 g/mol. The van der Waals surface area contributed by atoms with E-state index in [0.717, 1.165) is 11.0 Å². The minimum atomic E-state index is -4.32. The van der Waals surface area contributed by atoms with Gasteiger partial charge in [0.25, 0.3) is 10.8 Å².